The normalized spacial score (nSPS) is 25.6. The third-order valence-electron chi connectivity index (χ3n) is 3.89. The second-order valence-corrected chi connectivity index (χ2v) is 8.34. The summed E-state index contributed by atoms with van der Waals surface area (Å²) in [6.45, 7) is 8.21. The standard InChI is InChI=1S/C16H23NO2S/c1-13-5-7-14(8-6-13)20(18,19)17-16(4)11-9-15(2,3)10-12-16/h5-9,11,17H,10,12H2,1-4H3/t16-/m1/s1. The molecule has 4 heteroatoms. The first-order valence-corrected chi connectivity index (χ1v) is 8.41. The van der Waals surface area contributed by atoms with Gasteiger partial charge in [-0.1, -0.05) is 43.7 Å². The van der Waals surface area contributed by atoms with E-state index < -0.39 is 15.6 Å². The number of nitrogens with one attached hydrogen (secondary N) is 1. The first kappa shape index (κ1) is 15.3. The molecule has 20 heavy (non-hydrogen) atoms. The van der Waals surface area contributed by atoms with Gasteiger partial charge in [-0.3, -0.25) is 0 Å². The number of sulfonamides is 1. The summed E-state index contributed by atoms with van der Waals surface area (Å²) < 4.78 is 27.7. The zero-order valence-corrected chi connectivity index (χ0v) is 13.4. The van der Waals surface area contributed by atoms with Crippen molar-refractivity contribution < 1.29 is 8.42 Å². The van der Waals surface area contributed by atoms with Gasteiger partial charge in [-0.15, -0.1) is 0 Å². The van der Waals surface area contributed by atoms with Crippen molar-refractivity contribution in [2.45, 2.75) is 51.0 Å². The molecule has 0 unspecified atom stereocenters. The SMILES string of the molecule is Cc1ccc(S(=O)(=O)N[C@]2(C)C=CC(C)(C)CC2)cc1. The molecule has 1 aromatic carbocycles. The van der Waals surface area contributed by atoms with Crippen LogP contribution >= 0.6 is 0 Å². The van der Waals surface area contributed by atoms with Crippen molar-refractivity contribution in [1.82, 2.24) is 4.72 Å². The zero-order chi connectivity index (χ0) is 15.0. The summed E-state index contributed by atoms with van der Waals surface area (Å²) in [5.41, 5.74) is 0.697. The van der Waals surface area contributed by atoms with Crippen molar-refractivity contribution >= 4 is 10.0 Å². The monoisotopic (exact) mass is 293 g/mol. The minimum atomic E-state index is -3.47. The molecular formula is C16H23NO2S. The average molecular weight is 293 g/mol. The van der Waals surface area contributed by atoms with Crippen molar-refractivity contribution in [1.29, 1.82) is 0 Å². The Hall–Kier alpha value is -1.13. The summed E-state index contributed by atoms with van der Waals surface area (Å²) in [4.78, 5) is 0.322. The topological polar surface area (TPSA) is 46.2 Å². The van der Waals surface area contributed by atoms with Crippen LogP contribution in [-0.4, -0.2) is 14.0 Å². The van der Waals surface area contributed by atoms with E-state index in [1.807, 2.05) is 32.1 Å². The van der Waals surface area contributed by atoms with E-state index in [1.54, 1.807) is 12.1 Å². The third-order valence-corrected chi connectivity index (χ3v) is 5.52. The molecule has 1 aromatic rings. The van der Waals surface area contributed by atoms with Crippen LogP contribution in [0.1, 0.15) is 39.2 Å². The van der Waals surface area contributed by atoms with Crippen molar-refractivity contribution in [2.75, 3.05) is 0 Å². The van der Waals surface area contributed by atoms with E-state index in [0.717, 1.165) is 18.4 Å². The number of rotatable bonds is 3. The molecule has 1 N–H and O–H groups in total. The Labute approximate surface area is 122 Å². The first-order valence-electron chi connectivity index (χ1n) is 6.93. The summed E-state index contributed by atoms with van der Waals surface area (Å²) in [5.74, 6) is 0. The molecule has 0 saturated carbocycles. The van der Waals surface area contributed by atoms with Gasteiger partial charge in [0, 0.05) is 5.54 Å². The molecule has 0 fully saturated rings. The number of benzene rings is 1. The van der Waals surface area contributed by atoms with Crippen molar-refractivity contribution in [3.05, 3.63) is 42.0 Å². The predicted molar refractivity (Wildman–Crippen MR) is 82.1 cm³/mol. The molecule has 0 radical (unpaired) electrons. The van der Waals surface area contributed by atoms with Gasteiger partial charge in [0.05, 0.1) is 4.90 Å². The van der Waals surface area contributed by atoms with Crippen LogP contribution in [0.3, 0.4) is 0 Å². The lowest BCUT2D eigenvalue weighted by Crippen LogP contribution is -2.46. The van der Waals surface area contributed by atoms with Crippen LogP contribution in [0.15, 0.2) is 41.3 Å². The maximum absolute atomic E-state index is 12.4. The molecule has 1 atom stereocenters. The molecule has 2 rings (SSSR count). The van der Waals surface area contributed by atoms with E-state index in [4.69, 9.17) is 0 Å². The number of allylic oxidation sites excluding steroid dienone is 1. The van der Waals surface area contributed by atoms with Crippen LogP contribution in [0.25, 0.3) is 0 Å². The molecule has 0 amide bonds. The largest absolute Gasteiger partial charge is 0.241 e. The lowest BCUT2D eigenvalue weighted by Gasteiger charge is -2.36. The Morgan fingerprint density at radius 3 is 2.10 bits per heavy atom. The Morgan fingerprint density at radius 2 is 1.60 bits per heavy atom. The lowest BCUT2D eigenvalue weighted by atomic mass is 9.76. The van der Waals surface area contributed by atoms with Crippen LogP contribution in [0.5, 0.6) is 0 Å². The van der Waals surface area contributed by atoms with E-state index >= 15 is 0 Å². The van der Waals surface area contributed by atoms with Crippen molar-refractivity contribution in [3.63, 3.8) is 0 Å². The summed E-state index contributed by atoms with van der Waals surface area (Å²) in [7, 11) is -3.47. The molecule has 0 aromatic heterocycles. The van der Waals surface area contributed by atoms with E-state index in [0.29, 0.717) is 4.90 Å². The van der Waals surface area contributed by atoms with Gasteiger partial charge in [-0.25, -0.2) is 13.1 Å². The highest BCUT2D eigenvalue weighted by atomic mass is 32.2. The fourth-order valence-electron chi connectivity index (χ4n) is 2.33. The van der Waals surface area contributed by atoms with Gasteiger partial charge < -0.3 is 0 Å². The second-order valence-electron chi connectivity index (χ2n) is 6.66. The number of hydrogen-bond acceptors (Lipinski definition) is 2. The first-order chi connectivity index (χ1) is 9.12. The minimum Gasteiger partial charge on any atom is -0.207 e. The Kier molecular flexibility index (Phi) is 3.82. The number of aryl methyl sites for hydroxylation is 1. The molecule has 0 heterocycles. The van der Waals surface area contributed by atoms with Crippen LogP contribution in [-0.2, 0) is 10.0 Å². The smallest absolute Gasteiger partial charge is 0.207 e. The highest BCUT2D eigenvalue weighted by molar-refractivity contribution is 7.89. The maximum Gasteiger partial charge on any atom is 0.241 e. The van der Waals surface area contributed by atoms with Crippen LogP contribution in [0.4, 0.5) is 0 Å². The Balaban J connectivity index is 2.23. The fraction of sp³-hybridized carbons (Fsp3) is 0.500. The highest BCUT2D eigenvalue weighted by Gasteiger charge is 2.33. The van der Waals surface area contributed by atoms with Crippen molar-refractivity contribution in [2.24, 2.45) is 5.41 Å². The molecule has 1 aliphatic carbocycles. The van der Waals surface area contributed by atoms with Gasteiger partial charge in [0.15, 0.2) is 0 Å². The minimum absolute atomic E-state index is 0.148. The molecule has 0 bridgehead atoms. The summed E-state index contributed by atoms with van der Waals surface area (Å²) in [6.07, 6.45) is 5.87. The predicted octanol–water partition coefficient (Wildman–Crippen LogP) is 3.41. The van der Waals surface area contributed by atoms with Gasteiger partial charge in [-0.2, -0.15) is 0 Å². The van der Waals surface area contributed by atoms with Gasteiger partial charge in [-0.05, 0) is 44.2 Å². The van der Waals surface area contributed by atoms with E-state index in [1.165, 1.54) is 0 Å². The van der Waals surface area contributed by atoms with E-state index in [9.17, 15) is 8.42 Å². The van der Waals surface area contributed by atoms with E-state index in [-0.39, 0.29) is 5.41 Å². The van der Waals surface area contributed by atoms with Crippen LogP contribution < -0.4 is 4.72 Å². The van der Waals surface area contributed by atoms with Crippen LogP contribution in [0.2, 0.25) is 0 Å². The summed E-state index contributed by atoms with van der Waals surface area (Å²) in [5, 5.41) is 0. The molecule has 0 spiro atoms. The maximum atomic E-state index is 12.4. The molecule has 1 aliphatic rings. The van der Waals surface area contributed by atoms with Crippen molar-refractivity contribution in [3.8, 4) is 0 Å². The average Bonchev–Trinajstić information content (AvgIpc) is 2.34. The highest BCUT2D eigenvalue weighted by Crippen LogP contribution is 2.34. The zero-order valence-electron chi connectivity index (χ0n) is 12.6. The molecule has 0 aliphatic heterocycles. The van der Waals surface area contributed by atoms with Crippen LogP contribution in [0, 0.1) is 12.3 Å². The van der Waals surface area contributed by atoms with E-state index in [2.05, 4.69) is 24.6 Å². The quantitative estimate of drug-likeness (QED) is 0.868. The molecular weight excluding hydrogens is 270 g/mol. The Morgan fingerprint density at radius 1 is 1.00 bits per heavy atom. The number of hydrogen-bond donors (Lipinski definition) is 1. The molecule has 0 saturated heterocycles. The summed E-state index contributed by atoms with van der Waals surface area (Å²) >= 11 is 0. The second kappa shape index (κ2) is 5.01. The van der Waals surface area contributed by atoms with Gasteiger partial charge >= 0.3 is 0 Å². The van der Waals surface area contributed by atoms with Gasteiger partial charge in [0.2, 0.25) is 10.0 Å². The van der Waals surface area contributed by atoms with Gasteiger partial charge in [0.25, 0.3) is 0 Å². The summed E-state index contributed by atoms with van der Waals surface area (Å²) in [6, 6.07) is 6.93. The Bertz CT molecular complexity index is 614. The third kappa shape index (κ3) is 3.49. The fourth-order valence-corrected chi connectivity index (χ4v) is 3.72. The lowest BCUT2D eigenvalue weighted by molar-refractivity contribution is 0.326. The molecule has 110 valence electrons. The molecule has 3 nitrogen and oxygen atoms in total. The van der Waals surface area contributed by atoms with Gasteiger partial charge in [0.1, 0.15) is 0 Å².